The second-order valence-corrected chi connectivity index (χ2v) is 7.09. The second-order valence-electron chi connectivity index (χ2n) is 5.38. The Bertz CT molecular complexity index is 783. The van der Waals surface area contributed by atoms with Gasteiger partial charge in [0, 0.05) is 0 Å². The Morgan fingerprint density at radius 2 is 2.00 bits per heavy atom. The van der Waals surface area contributed by atoms with Crippen molar-refractivity contribution < 1.29 is 31.9 Å². The van der Waals surface area contributed by atoms with E-state index in [-0.39, 0.29) is 24.3 Å². The lowest BCUT2D eigenvalue weighted by atomic mass is 10.2. The molecule has 26 heavy (non-hydrogen) atoms. The molecule has 9 heteroatoms. The molecule has 6 nitrogen and oxygen atoms in total. The Hall–Kier alpha value is -1.74. The number of thiazole rings is 1. The van der Waals surface area contributed by atoms with E-state index < -0.39 is 0 Å². The molecular formula is C17H22ClN3O3S2. The van der Waals surface area contributed by atoms with Crippen molar-refractivity contribution in [2.24, 2.45) is 4.99 Å². The van der Waals surface area contributed by atoms with Crippen molar-refractivity contribution in [3.05, 3.63) is 38.7 Å². The van der Waals surface area contributed by atoms with Crippen molar-refractivity contribution >= 4 is 41.4 Å². The Kier molecular flexibility index (Phi) is 9.50. The van der Waals surface area contributed by atoms with Gasteiger partial charge in [0.15, 0.2) is 3.95 Å². The summed E-state index contributed by atoms with van der Waals surface area (Å²) in [5.74, 6) is -0.322. The predicted octanol–water partition coefficient (Wildman–Crippen LogP) is -0.653. The van der Waals surface area contributed by atoms with Crippen LogP contribution in [-0.4, -0.2) is 48.5 Å². The number of aliphatic imine (C=N–C) groups is 1. The Labute approximate surface area is 168 Å². The highest BCUT2D eigenvalue weighted by Crippen LogP contribution is 2.20. The smallest absolute Gasteiger partial charge is 0.338 e. The number of benzene rings is 1. The molecule has 0 saturated carbocycles. The number of aromatic hydroxyl groups is 1. The van der Waals surface area contributed by atoms with Gasteiger partial charge in [-0.1, -0.05) is 11.3 Å². The summed E-state index contributed by atoms with van der Waals surface area (Å²) in [5.41, 5.74) is 1.16. The summed E-state index contributed by atoms with van der Waals surface area (Å²) >= 11 is 6.19. The number of halogens is 1. The van der Waals surface area contributed by atoms with Crippen LogP contribution < -0.4 is 17.3 Å². The van der Waals surface area contributed by atoms with E-state index in [9.17, 15) is 9.90 Å². The third-order valence-electron chi connectivity index (χ3n) is 3.78. The first kappa shape index (κ1) is 22.3. The normalized spacial score (nSPS) is 10.9. The lowest BCUT2D eigenvalue weighted by Crippen LogP contribution is -3.11. The van der Waals surface area contributed by atoms with Crippen molar-refractivity contribution in [1.82, 2.24) is 4.98 Å². The van der Waals surface area contributed by atoms with Gasteiger partial charge in [-0.3, -0.25) is 4.99 Å². The molecule has 2 aromatic rings. The highest BCUT2D eigenvalue weighted by molar-refractivity contribution is 7.73. The molecule has 1 heterocycles. The number of aromatic amines is 1. The van der Waals surface area contributed by atoms with E-state index in [2.05, 4.69) is 23.8 Å². The molecule has 0 spiro atoms. The molecule has 0 aliphatic carbocycles. The molecule has 0 bridgehead atoms. The van der Waals surface area contributed by atoms with Crippen LogP contribution in [0, 0.1) is 3.95 Å². The average Bonchev–Trinajstić information content (AvgIpc) is 2.94. The van der Waals surface area contributed by atoms with Gasteiger partial charge in [-0.05, 0) is 50.3 Å². The van der Waals surface area contributed by atoms with Crippen molar-refractivity contribution in [2.75, 3.05) is 26.2 Å². The number of carbonyl (C=O) groups excluding carboxylic acids is 1. The molecule has 0 atom stereocenters. The lowest BCUT2D eigenvalue weighted by Gasteiger charge is -2.14. The number of aromatic nitrogens is 1. The second kappa shape index (κ2) is 11.1. The van der Waals surface area contributed by atoms with Crippen LogP contribution >= 0.6 is 23.6 Å². The third kappa shape index (κ3) is 6.53. The highest BCUT2D eigenvalue weighted by atomic mass is 35.5. The molecule has 2 rings (SSSR count). The van der Waals surface area contributed by atoms with Crippen molar-refractivity contribution in [1.29, 1.82) is 0 Å². The Morgan fingerprint density at radius 1 is 1.35 bits per heavy atom. The Balaban J connectivity index is 0.00000338. The zero-order valence-electron chi connectivity index (χ0n) is 14.6. The van der Waals surface area contributed by atoms with E-state index in [0.29, 0.717) is 26.7 Å². The van der Waals surface area contributed by atoms with Crippen molar-refractivity contribution in [3.8, 4) is 5.88 Å². The molecule has 1 aromatic heterocycles. The molecule has 0 radical (unpaired) electrons. The van der Waals surface area contributed by atoms with Gasteiger partial charge in [0.05, 0.1) is 30.6 Å². The number of esters is 1. The predicted molar refractivity (Wildman–Crippen MR) is 102 cm³/mol. The quantitative estimate of drug-likeness (QED) is 0.304. The summed E-state index contributed by atoms with van der Waals surface area (Å²) in [6, 6.07) is 6.81. The SMILES string of the molecule is CC[NH+](CC)CCOC(=O)c1ccc(N=Cc2sc(=S)[nH]c2O)cc1.[Cl-]. The fourth-order valence-corrected chi connectivity index (χ4v) is 3.18. The van der Waals surface area contributed by atoms with Gasteiger partial charge in [-0.2, -0.15) is 0 Å². The summed E-state index contributed by atoms with van der Waals surface area (Å²) in [5, 5.41) is 9.62. The average molecular weight is 416 g/mol. The summed E-state index contributed by atoms with van der Waals surface area (Å²) in [7, 11) is 0. The lowest BCUT2D eigenvalue weighted by molar-refractivity contribution is -0.896. The highest BCUT2D eigenvalue weighted by Gasteiger charge is 2.09. The van der Waals surface area contributed by atoms with Gasteiger partial charge >= 0.3 is 5.97 Å². The van der Waals surface area contributed by atoms with Gasteiger partial charge in [0.1, 0.15) is 18.0 Å². The fraction of sp³-hybridized carbons (Fsp3) is 0.353. The van der Waals surface area contributed by atoms with Gasteiger partial charge in [-0.25, -0.2) is 4.79 Å². The third-order valence-corrected chi connectivity index (χ3v) is 4.94. The molecule has 0 fully saturated rings. The maximum atomic E-state index is 12.0. The molecule has 0 aliphatic rings. The Morgan fingerprint density at radius 3 is 2.54 bits per heavy atom. The van der Waals surface area contributed by atoms with Crippen molar-refractivity contribution in [2.45, 2.75) is 13.8 Å². The molecule has 1 aromatic carbocycles. The maximum absolute atomic E-state index is 12.0. The van der Waals surface area contributed by atoms with Crippen LogP contribution in [-0.2, 0) is 4.74 Å². The van der Waals surface area contributed by atoms with Crippen LogP contribution in [0.3, 0.4) is 0 Å². The zero-order chi connectivity index (χ0) is 18.2. The molecule has 3 N–H and O–H groups in total. The summed E-state index contributed by atoms with van der Waals surface area (Å²) in [6.45, 7) is 7.49. The van der Waals surface area contributed by atoms with Crippen LogP contribution in [0.4, 0.5) is 5.69 Å². The molecule has 142 valence electrons. The first-order chi connectivity index (χ1) is 12.0. The van der Waals surface area contributed by atoms with Gasteiger partial charge in [0.25, 0.3) is 0 Å². The standard InChI is InChI=1S/C17H21N3O3S2.ClH/c1-3-20(4-2)9-10-23-16(22)12-5-7-13(8-6-12)18-11-14-15(21)19-17(24)25-14;/h5-8,11,21H,3-4,9-10H2,1-2H3,(H,19,24);1H. The minimum atomic E-state index is -0.330. The molecule has 0 saturated heterocycles. The monoisotopic (exact) mass is 415 g/mol. The number of quaternary nitrogens is 1. The number of nitrogens with zero attached hydrogens (tertiary/aromatic N) is 1. The van der Waals surface area contributed by atoms with Gasteiger partial charge < -0.3 is 32.1 Å². The van der Waals surface area contributed by atoms with Crippen molar-refractivity contribution in [3.63, 3.8) is 0 Å². The van der Waals surface area contributed by atoms with E-state index in [1.165, 1.54) is 22.5 Å². The summed E-state index contributed by atoms with van der Waals surface area (Å²) in [6.07, 6.45) is 1.53. The fourth-order valence-electron chi connectivity index (χ4n) is 2.21. The van der Waals surface area contributed by atoms with Crippen LogP contribution in [0.5, 0.6) is 5.88 Å². The number of hydrogen-bond donors (Lipinski definition) is 3. The number of nitrogens with one attached hydrogen (secondary N) is 2. The molecular weight excluding hydrogens is 394 g/mol. The minimum absolute atomic E-state index is 0. The van der Waals surface area contributed by atoms with Crippen LogP contribution in [0.15, 0.2) is 29.3 Å². The molecule has 0 unspecified atom stereocenters. The number of ether oxygens (including phenoxy) is 1. The summed E-state index contributed by atoms with van der Waals surface area (Å²) in [4.78, 5) is 20.9. The van der Waals surface area contributed by atoms with E-state index in [1.807, 2.05) is 0 Å². The zero-order valence-corrected chi connectivity index (χ0v) is 17.0. The van der Waals surface area contributed by atoms with E-state index >= 15 is 0 Å². The summed E-state index contributed by atoms with van der Waals surface area (Å²) < 4.78 is 5.79. The number of likely N-dealkylation sites (N-methyl/N-ethyl adjacent to an activating group) is 1. The van der Waals surface area contributed by atoms with E-state index in [4.69, 9.17) is 17.0 Å². The van der Waals surface area contributed by atoms with Gasteiger partial charge in [0.2, 0.25) is 5.88 Å². The molecule has 0 amide bonds. The van der Waals surface area contributed by atoms with E-state index in [0.717, 1.165) is 19.6 Å². The largest absolute Gasteiger partial charge is 1.00 e. The van der Waals surface area contributed by atoms with Crippen LogP contribution in [0.2, 0.25) is 0 Å². The van der Waals surface area contributed by atoms with Crippen LogP contribution in [0.1, 0.15) is 29.1 Å². The van der Waals surface area contributed by atoms with E-state index in [1.54, 1.807) is 24.3 Å². The number of carbonyl (C=O) groups is 1. The number of H-pyrrole nitrogens is 1. The first-order valence-corrected chi connectivity index (χ1v) is 9.32. The minimum Gasteiger partial charge on any atom is -1.00 e. The maximum Gasteiger partial charge on any atom is 0.338 e. The topological polar surface area (TPSA) is 79.1 Å². The van der Waals surface area contributed by atoms with Crippen LogP contribution in [0.25, 0.3) is 0 Å². The molecule has 0 aliphatic heterocycles. The first-order valence-electron chi connectivity index (χ1n) is 8.10. The number of hydrogen-bond acceptors (Lipinski definition) is 6. The van der Waals surface area contributed by atoms with Gasteiger partial charge in [-0.15, -0.1) is 0 Å². The number of rotatable bonds is 8.